The first-order valence-corrected chi connectivity index (χ1v) is 23.2. The fraction of sp³-hybridized carbons (Fsp3) is 0.682. The Balaban J connectivity index is 0.000000286. The number of unbranched alkanes of at least 4 members (excludes halogenated alkanes) is 2. The third-order valence-electron chi connectivity index (χ3n) is 10.8. The molecule has 0 spiro atoms. The van der Waals surface area contributed by atoms with Gasteiger partial charge in [-0.15, -0.1) is 0 Å². The summed E-state index contributed by atoms with van der Waals surface area (Å²) in [4.78, 5) is 29.0. The molecule has 1 unspecified atom stereocenters. The molecule has 0 saturated carbocycles. The molecular weight excluding hydrogens is 701 g/mol. The third kappa shape index (κ3) is 15.3. The highest BCUT2D eigenvalue weighted by Crippen LogP contribution is 2.26. The number of benzene rings is 2. The summed E-state index contributed by atoms with van der Waals surface area (Å²) < 4.78 is 36.2. The van der Waals surface area contributed by atoms with Crippen LogP contribution in [0.2, 0.25) is 0 Å². The topological polar surface area (TPSA) is 91.8 Å². The van der Waals surface area contributed by atoms with Crippen LogP contribution in [0.15, 0.2) is 48.5 Å². The number of aryl methyl sites for hydroxylation is 2. The van der Waals surface area contributed by atoms with Crippen LogP contribution in [0.1, 0.15) is 129 Å². The molecule has 0 radical (unpaired) electrons. The molecule has 2 fully saturated rings. The standard InChI is InChI=1S/C22H35NO3S.C22H35NO2S/c1-5-6-7-18-8-10-19(11-9-18)16-21(24)23-14-12-20(13-15-23)17-27(25,26)22(2,3)4;1-5-6-7-18-8-10-19(11-9-18)16-21(24)23-14-12-20(13-15-23)17-26(25)22(2,3)4/h8-11,20H,5-7,12-17H2,1-4H3;8-11,20H,5-7,12-17H2,1-4H3. The van der Waals surface area contributed by atoms with Gasteiger partial charge in [-0.2, -0.15) is 0 Å². The molecule has 2 aromatic rings. The van der Waals surface area contributed by atoms with E-state index in [2.05, 4.69) is 62.4 Å². The molecule has 2 aromatic carbocycles. The van der Waals surface area contributed by atoms with E-state index in [-0.39, 0.29) is 28.2 Å². The van der Waals surface area contributed by atoms with Crippen molar-refractivity contribution in [1.82, 2.24) is 9.80 Å². The first kappa shape index (κ1) is 44.9. The van der Waals surface area contributed by atoms with Gasteiger partial charge in [0.25, 0.3) is 0 Å². The molecule has 0 bridgehead atoms. The predicted molar refractivity (Wildman–Crippen MR) is 222 cm³/mol. The Bertz CT molecular complexity index is 1540. The molecule has 2 aliphatic heterocycles. The fourth-order valence-corrected chi connectivity index (χ4v) is 9.42. The Morgan fingerprint density at radius 1 is 0.642 bits per heavy atom. The Labute approximate surface area is 325 Å². The van der Waals surface area contributed by atoms with Gasteiger partial charge in [-0.25, -0.2) is 8.42 Å². The number of amides is 2. The summed E-state index contributed by atoms with van der Waals surface area (Å²) >= 11 is 0. The lowest BCUT2D eigenvalue weighted by Crippen LogP contribution is -2.42. The summed E-state index contributed by atoms with van der Waals surface area (Å²) in [7, 11) is -3.89. The molecule has 53 heavy (non-hydrogen) atoms. The van der Waals surface area contributed by atoms with E-state index in [1.54, 1.807) is 20.8 Å². The molecule has 2 saturated heterocycles. The number of carbonyl (C=O) groups is 2. The molecular formula is C44H70N2O5S2. The van der Waals surface area contributed by atoms with E-state index in [1.165, 1.54) is 36.8 Å². The molecule has 9 heteroatoms. The first-order chi connectivity index (χ1) is 24.9. The molecule has 2 amide bonds. The van der Waals surface area contributed by atoms with Gasteiger partial charge in [-0.1, -0.05) is 75.2 Å². The minimum absolute atomic E-state index is 0.143. The minimum atomic E-state index is -3.10. The monoisotopic (exact) mass is 770 g/mol. The van der Waals surface area contributed by atoms with Gasteiger partial charge in [-0.05, 0) is 127 Å². The number of hydrogen-bond acceptors (Lipinski definition) is 5. The zero-order valence-corrected chi connectivity index (χ0v) is 35.9. The lowest BCUT2D eigenvalue weighted by molar-refractivity contribution is -0.132. The minimum Gasteiger partial charge on any atom is -0.342 e. The number of rotatable bonds is 14. The van der Waals surface area contributed by atoms with E-state index >= 15 is 0 Å². The Morgan fingerprint density at radius 2 is 1.00 bits per heavy atom. The van der Waals surface area contributed by atoms with Gasteiger partial charge >= 0.3 is 0 Å². The molecule has 0 aliphatic carbocycles. The summed E-state index contributed by atoms with van der Waals surface area (Å²) in [5.41, 5.74) is 4.84. The summed E-state index contributed by atoms with van der Waals surface area (Å²) in [5.74, 6) is 2.02. The Morgan fingerprint density at radius 3 is 1.34 bits per heavy atom. The van der Waals surface area contributed by atoms with Crippen molar-refractivity contribution in [3.63, 3.8) is 0 Å². The highest BCUT2D eigenvalue weighted by Gasteiger charge is 2.34. The highest BCUT2D eigenvalue weighted by molar-refractivity contribution is 7.92. The first-order valence-electron chi connectivity index (χ1n) is 20.2. The van der Waals surface area contributed by atoms with Gasteiger partial charge in [0.15, 0.2) is 9.84 Å². The largest absolute Gasteiger partial charge is 0.342 e. The van der Waals surface area contributed by atoms with Crippen LogP contribution in [0.5, 0.6) is 0 Å². The van der Waals surface area contributed by atoms with E-state index in [9.17, 15) is 22.2 Å². The van der Waals surface area contributed by atoms with E-state index in [1.807, 2.05) is 30.6 Å². The summed E-state index contributed by atoms with van der Waals surface area (Å²) in [6.45, 7) is 18.7. The zero-order chi connectivity index (χ0) is 39.2. The van der Waals surface area contributed by atoms with Crippen LogP contribution in [0.4, 0.5) is 0 Å². The average molecular weight is 771 g/mol. The molecule has 2 heterocycles. The van der Waals surface area contributed by atoms with Crippen LogP contribution in [0, 0.1) is 11.8 Å². The van der Waals surface area contributed by atoms with Gasteiger partial charge < -0.3 is 9.80 Å². The van der Waals surface area contributed by atoms with E-state index in [0.717, 1.165) is 68.5 Å². The molecule has 4 rings (SSSR count). The maximum Gasteiger partial charge on any atom is 0.226 e. The van der Waals surface area contributed by atoms with Crippen LogP contribution in [0.25, 0.3) is 0 Å². The second-order valence-electron chi connectivity index (χ2n) is 17.4. The summed E-state index contributed by atoms with van der Waals surface area (Å²) in [6.07, 6.45) is 11.4. The zero-order valence-electron chi connectivity index (χ0n) is 34.3. The summed E-state index contributed by atoms with van der Waals surface area (Å²) in [5, 5.41) is 0. The second kappa shape index (κ2) is 21.0. The number of hydrogen-bond donors (Lipinski definition) is 0. The summed E-state index contributed by atoms with van der Waals surface area (Å²) in [6, 6.07) is 16.9. The van der Waals surface area contributed by atoms with Crippen molar-refractivity contribution in [3.8, 4) is 0 Å². The number of sulfone groups is 1. The van der Waals surface area contributed by atoms with Gasteiger partial charge in [0.1, 0.15) is 0 Å². The van der Waals surface area contributed by atoms with Crippen molar-refractivity contribution >= 4 is 32.5 Å². The van der Waals surface area contributed by atoms with Gasteiger partial charge in [0.05, 0.1) is 23.3 Å². The van der Waals surface area contributed by atoms with E-state index in [4.69, 9.17) is 0 Å². The van der Waals surface area contributed by atoms with Crippen molar-refractivity contribution in [3.05, 3.63) is 70.8 Å². The smallest absolute Gasteiger partial charge is 0.226 e. The van der Waals surface area contributed by atoms with Gasteiger partial charge in [-0.3, -0.25) is 13.8 Å². The molecule has 0 N–H and O–H groups in total. The van der Waals surface area contributed by atoms with Crippen molar-refractivity contribution in [1.29, 1.82) is 0 Å². The highest BCUT2D eigenvalue weighted by atomic mass is 32.2. The van der Waals surface area contributed by atoms with E-state index in [0.29, 0.717) is 31.8 Å². The number of nitrogens with zero attached hydrogens (tertiary/aromatic N) is 2. The van der Waals surface area contributed by atoms with Crippen LogP contribution in [0.3, 0.4) is 0 Å². The molecule has 1 atom stereocenters. The normalized spacial score (nSPS) is 16.9. The second-order valence-corrected chi connectivity index (χ2v) is 22.4. The quantitative estimate of drug-likeness (QED) is 0.193. The van der Waals surface area contributed by atoms with Crippen molar-refractivity contribution in [2.75, 3.05) is 37.7 Å². The Hall–Kier alpha value is -2.52. The lowest BCUT2D eigenvalue weighted by Gasteiger charge is -2.33. The number of piperidine rings is 2. The SMILES string of the molecule is CCCCc1ccc(CC(=O)N2CCC(CS(=O)(=O)C(C)(C)C)CC2)cc1.CCCCc1ccc(CC(=O)N2CCC(CS(=O)C(C)(C)C)CC2)cc1. The van der Waals surface area contributed by atoms with Crippen LogP contribution >= 0.6 is 0 Å². The maximum absolute atomic E-state index is 12.6. The molecule has 2 aliphatic rings. The van der Waals surface area contributed by atoms with Crippen molar-refractivity contribution < 1.29 is 22.2 Å². The molecule has 7 nitrogen and oxygen atoms in total. The number of carbonyl (C=O) groups excluding carboxylic acids is 2. The van der Waals surface area contributed by atoms with Crippen LogP contribution in [-0.2, 0) is 55.9 Å². The van der Waals surface area contributed by atoms with Crippen molar-refractivity contribution in [2.24, 2.45) is 11.8 Å². The number of likely N-dealkylation sites (tertiary alicyclic amines) is 2. The molecule has 0 aromatic heterocycles. The molecule has 298 valence electrons. The van der Waals surface area contributed by atoms with Crippen molar-refractivity contribution in [2.45, 2.75) is 142 Å². The van der Waals surface area contributed by atoms with Crippen LogP contribution in [-0.4, -0.2) is 81.4 Å². The van der Waals surface area contributed by atoms with Gasteiger partial charge in [0.2, 0.25) is 11.8 Å². The van der Waals surface area contributed by atoms with E-state index < -0.39 is 25.4 Å². The fourth-order valence-electron chi connectivity index (χ4n) is 6.70. The van der Waals surface area contributed by atoms with Crippen LogP contribution < -0.4 is 0 Å². The lowest BCUT2D eigenvalue weighted by atomic mass is 9.98. The average Bonchev–Trinajstić information content (AvgIpc) is 3.11. The van der Waals surface area contributed by atoms with Gasteiger partial charge in [0, 0.05) is 47.5 Å². The third-order valence-corrected chi connectivity index (χ3v) is 15.7. The Kier molecular flexibility index (Phi) is 17.7. The predicted octanol–water partition coefficient (Wildman–Crippen LogP) is 8.38. The maximum atomic E-state index is 12.6.